The van der Waals surface area contributed by atoms with Gasteiger partial charge in [0.25, 0.3) is 0 Å². The summed E-state index contributed by atoms with van der Waals surface area (Å²) in [6.45, 7) is 6.67. The lowest BCUT2D eigenvalue weighted by molar-refractivity contribution is 0.488. The highest BCUT2D eigenvalue weighted by atomic mass is 16.5. The molecule has 0 spiro atoms. The highest BCUT2D eigenvalue weighted by Gasteiger charge is 2.23. The van der Waals surface area contributed by atoms with Crippen LogP contribution >= 0.6 is 0 Å². The molecule has 0 amide bonds. The van der Waals surface area contributed by atoms with E-state index in [0.29, 0.717) is 0 Å². The zero-order valence-electron chi connectivity index (χ0n) is 15.8. The number of aromatic nitrogens is 1. The second kappa shape index (κ2) is 5.68. The third-order valence-electron chi connectivity index (χ3n) is 5.29. The van der Waals surface area contributed by atoms with E-state index in [-0.39, 0.29) is 5.41 Å². The molecule has 0 saturated carbocycles. The smallest absolute Gasteiger partial charge is 0.144 e. The molecule has 1 aromatic heterocycles. The Morgan fingerprint density at radius 1 is 0.778 bits per heavy atom. The molecule has 1 aliphatic heterocycles. The van der Waals surface area contributed by atoms with Gasteiger partial charge in [-0.05, 0) is 46.2 Å². The van der Waals surface area contributed by atoms with E-state index < -0.39 is 0 Å². The predicted octanol–water partition coefficient (Wildman–Crippen LogP) is 6.97. The van der Waals surface area contributed by atoms with Crippen molar-refractivity contribution in [1.82, 2.24) is 4.98 Å². The Morgan fingerprint density at radius 3 is 2.30 bits per heavy atom. The molecule has 2 heterocycles. The Hall–Kier alpha value is -3.13. The zero-order chi connectivity index (χ0) is 18.6. The van der Waals surface area contributed by atoms with Crippen LogP contribution in [0.3, 0.4) is 0 Å². The van der Waals surface area contributed by atoms with Gasteiger partial charge in [0.15, 0.2) is 0 Å². The van der Waals surface area contributed by atoms with Crippen LogP contribution in [0.1, 0.15) is 26.3 Å². The van der Waals surface area contributed by atoms with E-state index in [1.807, 2.05) is 18.3 Å². The number of rotatable bonds is 1. The van der Waals surface area contributed by atoms with E-state index in [1.165, 1.54) is 21.9 Å². The van der Waals surface area contributed by atoms with Crippen molar-refractivity contribution in [2.24, 2.45) is 0 Å². The van der Waals surface area contributed by atoms with Gasteiger partial charge in [-0.25, -0.2) is 0 Å². The van der Waals surface area contributed by atoms with Crippen LogP contribution in [-0.2, 0) is 5.41 Å². The number of ether oxygens (including phenoxy) is 1. The molecule has 4 aromatic rings. The molecular weight excluding hydrogens is 330 g/mol. The molecular formula is C25H21NO. The van der Waals surface area contributed by atoms with E-state index >= 15 is 0 Å². The molecule has 0 saturated heterocycles. The maximum absolute atomic E-state index is 6.42. The number of hydrogen-bond acceptors (Lipinski definition) is 2. The van der Waals surface area contributed by atoms with Gasteiger partial charge < -0.3 is 4.74 Å². The third kappa shape index (κ3) is 2.52. The predicted molar refractivity (Wildman–Crippen MR) is 111 cm³/mol. The molecule has 0 bridgehead atoms. The quantitative estimate of drug-likeness (QED) is 0.325. The number of hydrogen-bond donors (Lipinski definition) is 0. The largest absolute Gasteiger partial charge is 0.455 e. The first kappa shape index (κ1) is 16.1. The summed E-state index contributed by atoms with van der Waals surface area (Å²) in [4.78, 5) is 4.66. The molecule has 132 valence electrons. The van der Waals surface area contributed by atoms with E-state index in [9.17, 15) is 0 Å². The van der Waals surface area contributed by atoms with Gasteiger partial charge in [-0.1, -0.05) is 63.2 Å². The maximum atomic E-state index is 6.42. The highest BCUT2D eigenvalue weighted by Crippen LogP contribution is 2.49. The van der Waals surface area contributed by atoms with Crippen LogP contribution in [0.4, 0.5) is 0 Å². The zero-order valence-corrected chi connectivity index (χ0v) is 15.8. The van der Waals surface area contributed by atoms with Crippen molar-refractivity contribution in [1.29, 1.82) is 0 Å². The van der Waals surface area contributed by atoms with Crippen molar-refractivity contribution in [3.63, 3.8) is 0 Å². The number of benzene rings is 3. The van der Waals surface area contributed by atoms with Crippen molar-refractivity contribution in [3.8, 4) is 33.9 Å². The van der Waals surface area contributed by atoms with E-state index in [4.69, 9.17) is 4.74 Å². The van der Waals surface area contributed by atoms with E-state index in [0.717, 1.165) is 28.3 Å². The molecule has 3 aromatic carbocycles. The second-order valence-electron chi connectivity index (χ2n) is 8.12. The average Bonchev–Trinajstić information content (AvgIpc) is 2.67. The van der Waals surface area contributed by atoms with Gasteiger partial charge in [0.05, 0.1) is 5.69 Å². The topological polar surface area (TPSA) is 22.1 Å². The van der Waals surface area contributed by atoms with Crippen LogP contribution in [0.15, 0.2) is 72.9 Å². The van der Waals surface area contributed by atoms with Crippen molar-refractivity contribution in [2.45, 2.75) is 26.2 Å². The first-order valence-electron chi connectivity index (χ1n) is 9.32. The Labute approximate surface area is 159 Å². The van der Waals surface area contributed by atoms with Crippen LogP contribution < -0.4 is 4.74 Å². The normalized spacial score (nSPS) is 12.6. The van der Waals surface area contributed by atoms with Crippen molar-refractivity contribution in [2.75, 3.05) is 0 Å². The lowest BCUT2D eigenvalue weighted by Crippen LogP contribution is -2.11. The van der Waals surface area contributed by atoms with Crippen molar-refractivity contribution >= 4 is 10.8 Å². The minimum atomic E-state index is 0.0750. The SMILES string of the molecule is CC(C)(C)c1ccnc(-c2cccc3c2Oc2cccc4cccc-3c24)c1. The average molecular weight is 351 g/mol. The minimum absolute atomic E-state index is 0.0750. The number of fused-ring (bicyclic) bond motifs is 2. The summed E-state index contributed by atoms with van der Waals surface area (Å²) < 4.78 is 6.42. The Kier molecular flexibility index (Phi) is 3.38. The monoisotopic (exact) mass is 351 g/mol. The Morgan fingerprint density at radius 2 is 1.48 bits per heavy atom. The molecule has 2 heteroatoms. The number of para-hydroxylation sites is 1. The fraction of sp³-hybridized carbons (Fsp3) is 0.160. The Bertz CT molecular complexity index is 1180. The highest BCUT2D eigenvalue weighted by molar-refractivity contribution is 6.05. The van der Waals surface area contributed by atoms with Crippen LogP contribution in [0.5, 0.6) is 11.5 Å². The number of nitrogens with zero attached hydrogens (tertiary/aromatic N) is 1. The summed E-state index contributed by atoms with van der Waals surface area (Å²) in [7, 11) is 0. The van der Waals surface area contributed by atoms with Crippen LogP contribution in [-0.4, -0.2) is 4.98 Å². The van der Waals surface area contributed by atoms with Crippen LogP contribution in [0.25, 0.3) is 33.2 Å². The van der Waals surface area contributed by atoms with E-state index in [2.05, 4.69) is 80.4 Å². The van der Waals surface area contributed by atoms with Gasteiger partial charge in [0.2, 0.25) is 0 Å². The first-order chi connectivity index (χ1) is 13.0. The molecule has 0 N–H and O–H groups in total. The van der Waals surface area contributed by atoms with E-state index in [1.54, 1.807) is 0 Å². The minimum Gasteiger partial charge on any atom is -0.455 e. The molecule has 0 radical (unpaired) electrons. The third-order valence-corrected chi connectivity index (χ3v) is 5.29. The Balaban J connectivity index is 1.76. The number of pyridine rings is 1. The first-order valence-corrected chi connectivity index (χ1v) is 9.32. The summed E-state index contributed by atoms with van der Waals surface area (Å²) in [6.07, 6.45) is 1.90. The molecule has 2 nitrogen and oxygen atoms in total. The second-order valence-corrected chi connectivity index (χ2v) is 8.12. The standard InChI is InChI=1S/C25H21NO/c1-25(2,3)17-13-14-26-21(15-17)20-11-6-10-19-18-9-4-7-16-8-5-12-22(23(16)18)27-24(19)20/h4-15H,1-3H3. The lowest BCUT2D eigenvalue weighted by Gasteiger charge is -2.24. The molecule has 1 aliphatic rings. The molecule has 5 rings (SSSR count). The van der Waals surface area contributed by atoms with Gasteiger partial charge in [0.1, 0.15) is 11.5 Å². The summed E-state index contributed by atoms with van der Waals surface area (Å²) in [5.74, 6) is 1.80. The molecule has 0 aliphatic carbocycles. The summed E-state index contributed by atoms with van der Waals surface area (Å²) in [5.41, 5.74) is 5.67. The van der Waals surface area contributed by atoms with Crippen molar-refractivity contribution < 1.29 is 4.74 Å². The van der Waals surface area contributed by atoms with Gasteiger partial charge in [-0.2, -0.15) is 0 Å². The van der Waals surface area contributed by atoms with Crippen LogP contribution in [0.2, 0.25) is 0 Å². The van der Waals surface area contributed by atoms with Crippen molar-refractivity contribution in [3.05, 3.63) is 78.5 Å². The van der Waals surface area contributed by atoms with Gasteiger partial charge in [-0.15, -0.1) is 0 Å². The molecule has 0 atom stereocenters. The maximum Gasteiger partial charge on any atom is 0.144 e. The fourth-order valence-corrected chi connectivity index (χ4v) is 3.83. The summed E-state index contributed by atoms with van der Waals surface area (Å²) in [5, 5.41) is 2.38. The molecule has 0 unspecified atom stereocenters. The van der Waals surface area contributed by atoms with Gasteiger partial charge >= 0.3 is 0 Å². The molecule has 27 heavy (non-hydrogen) atoms. The summed E-state index contributed by atoms with van der Waals surface area (Å²) in [6, 6.07) is 23.3. The van der Waals surface area contributed by atoms with Gasteiger partial charge in [0, 0.05) is 22.7 Å². The lowest BCUT2D eigenvalue weighted by atomic mass is 9.86. The fourth-order valence-electron chi connectivity index (χ4n) is 3.83. The summed E-state index contributed by atoms with van der Waals surface area (Å²) >= 11 is 0. The molecule has 0 fully saturated rings. The van der Waals surface area contributed by atoms with Crippen LogP contribution in [0, 0.1) is 0 Å². The van der Waals surface area contributed by atoms with Gasteiger partial charge in [-0.3, -0.25) is 4.98 Å².